The molecule has 2 aromatic heterocycles. The summed E-state index contributed by atoms with van der Waals surface area (Å²) >= 11 is 0. The van der Waals surface area contributed by atoms with E-state index in [1.165, 1.54) is 16.3 Å². The molecule has 0 saturated heterocycles. The summed E-state index contributed by atoms with van der Waals surface area (Å²) in [4.78, 5) is 15.5. The summed E-state index contributed by atoms with van der Waals surface area (Å²) in [5.74, 6) is 1.85. The number of rotatable bonds is 4. The van der Waals surface area contributed by atoms with Crippen molar-refractivity contribution in [2.24, 2.45) is 0 Å². The van der Waals surface area contributed by atoms with Gasteiger partial charge in [0.05, 0.1) is 0 Å². The third-order valence-corrected chi connectivity index (χ3v) is 9.49. The summed E-state index contributed by atoms with van der Waals surface area (Å²) in [5.41, 5.74) is 6.78. The highest BCUT2D eigenvalue weighted by atomic mass is 16.3. The molecule has 49 heavy (non-hydrogen) atoms. The molecule has 2 heterocycles. The van der Waals surface area contributed by atoms with E-state index in [1.54, 1.807) is 0 Å². The van der Waals surface area contributed by atoms with Gasteiger partial charge in [-0.25, -0.2) is 15.0 Å². The second kappa shape index (κ2) is 11.0. The minimum absolute atomic E-state index is 0.611. The summed E-state index contributed by atoms with van der Waals surface area (Å²) < 4.78 is 6.68. The first kappa shape index (κ1) is 27.5. The molecule has 0 N–H and O–H groups in total. The number of furan rings is 1. The third kappa shape index (κ3) is 4.57. The van der Waals surface area contributed by atoms with Crippen LogP contribution in [0, 0.1) is 0 Å². The minimum Gasteiger partial charge on any atom is -0.455 e. The van der Waals surface area contributed by atoms with E-state index in [0.29, 0.717) is 17.5 Å². The highest BCUT2D eigenvalue weighted by molar-refractivity contribution is 6.23. The smallest absolute Gasteiger partial charge is 0.165 e. The van der Waals surface area contributed by atoms with E-state index in [-0.39, 0.29) is 0 Å². The van der Waals surface area contributed by atoms with E-state index in [4.69, 9.17) is 19.4 Å². The molecular weight excluding hydrogens is 599 g/mol. The largest absolute Gasteiger partial charge is 0.455 e. The Morgan fingerprint density at radius 3 is 1.71 bits per heavy atom. The first-order valence-electron chi connectivity index (χ1n) is 16.4. The maximum atomic E-state index is 6.68. The van der Waals surface area contributed by atoms with Crippen LogP contribution in [0.2, 0.25) is 0 Å². The lowest BCUT2D eigenvalue weighted by atomic mass is 9.97. The van der Waals surface area contributed by atoms with Crippen LogP contribution in [0.4, 0.5) is 0 Å². The van der Waals surface area contributed by atoms with Crippen molar-refractivity contribution in [1.82, 2.24) is 15.0 Å². The molecule has 0 unspecified atom stereocenters. The standard InChI is InChI=1S/C45H27N3O/c1-2-12-31(13-3-1)43-46-44(32-21-18-29(19-22-32)34-23-20-28-10-4-5-14-33(28)26-34)48-45(47-43)41-36-16-8-7-15-35(36)27-39-40(41)38-25-24-30-11-6-9-17-37(30)42(38)49-39/h1-27H. The number of fused-ring (bicyclic) bond motifs is 7. The van der Waals surface area contributed by atoms with Gasteiger partial charge in [0.25, 0.3) is 0 Å². The molecule has 0 radical (unpaired) electrons. The van der Waals surface area contributed by atoms with Gasteiger partial charge in [-0.2, -0.15) is 0 Å². The Hall–Kier alpha value is -6.65. The predicted molar refractivity (Wildman–Crippen MR) is 201 cm³/mol. The maximum absolute atomic E-state index is 6.68. The van der Waals surface area contributed by atoms with Gasteiger partial charge in [-0.15, -0.1) is 0 Å². The van der Waals surface area contributed by atoms with Crippen molar-refractivity contribution in [2.45, 2.75) is 0 Å². The van der Waals surface area contributed by atoms with Crippen LogP contribution >= 0.6 is 0 Å². The predicted octanol–water partition coefficient (Wildman–Crippen LogP) is 11.9. The van der Waals surface area contributed by atoms with Crippen molar-refractivity contribution in [2.75, 3.05) is 0 Å². The lowest BCUT2D eigenvalue weighted by molar-refractivity contribution is 0.673. The fraction of sp³-hybridized carbons (Fsp3) is 0. The van der Waals surface area contributed by atoms with Crippen molar-refractivity contribution in [3.05, 3.63) is 164 Å². The second-order valence-electron chi connectivity index (χ2n) is 12.4. The number of hydrogen-bond acceptors (Lipinski definition) is 4. The second-order valence-corrected chi connectivity index (χ2v) is 12.4. The summed E-state index contributed by atoms with van der Waals surface area (Å²) in [6.07, 6.45) is 0. The Kier molecular flexibility index (Phi) is 6.15. The lowest BCUT2D eigenvalue weighted by Crippen LogP contribution is -2.01. The van der Waals surface area contributed by atoms with E-state index >= 15 is 0 Å². The highest BCUT2D eigenvalue weighted by Gasteiger charge is 2.21. The molecule has 0 aliphatic carbocycles. The lowest BCUT2D eigenvalue weighted by Gasteiger charge is -2.12. The van der Waals surface area contributed by atoms with Crippen molar-refractivity contribution in [3.8, 4) is 45.3 Å². The van der Waals surface area contributed by atoms with Crippen molar-refractivity contribution in [3.63, 3.8) is 0 Å². The molecule has 4 nitrogen and oxygen atoms in total. The Labute approximate surface area is 282 Å². The van der Waals surface area contributed by atoms with Crippen molar-refractivity contribution < 1.29 is 4.42 Å². The molecule has 10 aromatic rings. The van der Waals surface area contributed by atoms with Crippen LogP contribution in [-0.2, 0) is 0 Å². The van der Waals surface area contributed by atoms with Crippen molar-refractivity contribution in [1.29, 1.82) is 0 Å². The van der Waals surface area contributed by atoms with E-state index in [1.807, 2.05) is 30.3 Å². The Morgan fingerprint density at radius 1 is 0.347 bits per heavy atom. The van der Waals surface area contributed by atoms with Gasteiger partial charge >= 0.3 is 0 Å². The van der Waals surface area contributed by atoms with Crippen LogP contribution in [0.5, 0.6) is 0 Å². The molecule has 228 valence electrons. The molecular formula is C45H27N3O. The molecule has 0 aliphatic heterocycles. The zero-order valence-electron chi connectivity index (χ0n) is 26.3. The number of aromatic nitrogens is 3. The Bertz CT molecular complexity index is 2870. The van der Waals surface area contributed by atoms with Gasteiger partial charge in [0.2, 0.25) is 0 Å². The van der Waals surface area contributed by atoms with Gasteiger partial charge in [-0.05, 0) is 56.3 Å². The molecule has 0 saturated carbocycles. The zero-order chi connectivity index (χ0) is 32.3. The normalized spacial score (nSPS) is 11.7. The number of benzene rings is 8. The van der Waals surface area contributed by atoms with Crippen LogP contribution in [0.25, 0.3) is 99.5 Å². The molecule has 8 aromatic carbocycles. The van der Waals surface area contributed by atoms with Crippen LogP contribution in [0.15, 0.2) is 168 Å². The van der Waals surface area contributed by atoms with Gasteiger partial charge in [0, 0.05) is 32.8 Å². The first-order valence-corrected chi connectivity index (χ1v) is 16.4. The number of nitrogens with zero attached hydrogens (tertiary/aromatic N) is 3. The third-order valence-electron chi connectivity index (χ3n) is 9.49. The molecule has 0 fully saturated rings. The minimum atomic E-state index is 0.611. The quantitative estimate of drug-likeness (QED) is 0.195. The van der Waals surface area contributed by atoms with Crippen molar-refractivity contribution >= 4 is 54.3 Å². The van der Waals surface area contributed by atoms with Gasteiger partial charge < -0.3 is 4.42 Å². The van der Waals surface area contributed by atoms with Crippen LogP contribution in [0.1, 0.15) is 0 Å². The summed E-state index contributed by atoms with van der Waals surface area (Å²) in [6, 6.07) is 56.9. The summed E-state index contributed by atoms with van der Waals surface area (Å²) in [6.45, 7) is 0. The topological polar surface area (TPSA) is 51.8 Å². The Morgan fingerprint density at radius 2 is 0.918 bits per heavy atom. The summed E-state index contributed by atoms with van der Waals surface area (Å²) in [7, 11) is 0. The fourth-order valence-corrected chi connectivity index (χ4v) is 7.08. The molecule has 10 rings (SSSR count). The molecule has 0 bridgehead atoms. The molecule has 0 amide bonds. The van der Waals surface area contributed by atoms with Gasteiger partial charge in [-0.3, -0.25) is 0 Å². The molecule has 0 atom stereocenters. The maximum Gasteiger partial charge on any atom is 0.165 e. The fourth-order valence-electron chi connectivity index (χ4n) is 7.08. The van der Waals surface area contributed by atoms with Gasteiger partial charge in [0.1, 0.15) is 11.2 Å². The average molecular weight is 626 g/mol. The van der Waals surface area contributed by atoms with Crippen LogP contribution in [0.3, 0.4) is 0 Å². The van der Waals surface area contributed by atoms with E-state index in [9.17, 15) is 0 Å². The first-order chi connectivity index (χ1) is 24.3. The Balaban J connectivity index is 1.21. The van der Waals surface area contributed by atoms with Crippen LogP contribution < -0.4 is 0 Å². The van der Waals surface area contributed by atoms with Gasteiger partial charge in [0.15, 0.2) is 17.5 Å². The average Bonchev–Trinajstić information content (AvgIpc) is 3.55. The molecule has 0 aliphatic rings. The van der Waals surface area contributed by atoms with Crippen LogP contribution in [-0.4, -0.2) is 15.0 Å². The highest BCUT2D eigenvalue weighted by Crippen LogP contribution is 2.43. The van der Waals surface area contributed by atoms with E-state index in [2.05, 4.69) is 133 Å². The zero-order valence-corrected chi connectivity index (χ0v) is 26.3. The monoisotopic (exact) mass is 625 g/mol. The molecule has 4 heteroatoms. The van der Waals surface area contributed by atoms with E-state index in [0.717, 1.165) is 65.7 Å². The van der Waals surface area contributed by atoms with E-state index < -0.39 is 0 Å². The SMILES string of the molecule is c1ccc(-c2nc(-c3ccc(-c4ccc5ccccc5c4)cc3)nc(-c3c4ccccc4cc4oc5c6ccccc6ccc5c34)n2)cc1. The van der Waals surface area contributed by atoms with Gasteiger partial charge in [-0.1, -0.05) is 146 Å². The number of hydrogen-bond donors (Lipinski definition) is 0. The summed E-state index contributed by atoms with van der Waals surface area (Å²) in [5, 5.41) is 8.85. The molecule has 0 spiro atoms.